The lowest BCUT2D eigenvalue weighted by Gasteiger charge is -2.10. The maximum absolute atomic E-state index is 6.39. The van der Waals surface area contributed by atoms with Crippen molar-refractivity contribution in [3.63, 3.8) is 0 Å². The molecule has 0 atom stereocenters. The van der Waals surface area contributed by atoms with Gasteiger partial charge in [0.15, 0.2) is 5.82 Å². The molecule has 0 unspecified atom stereocenters. The van der Waals surface area contributed by atoms with Gasteiger partial charge < -0.3 is 5.32 Å². The molecule has 0 spiro atoms. The van der Waals surface area contributed by atoms with Crippen molar-refractivity contribution >= 4 is 44.3 Å². The molecule has 106 valence electrons. The minimum Gasteiger partial charge on any atom is -0.373 e. The van der Waals surface area contributed by atoms with Crippen LogP contribution in [0.15, 0.2) is 40.9 Å². The van der Waals surface area contributed by atoms with E-state index in [1.54, 1.807) is 0 Å². The van der Waals surface area contributed by atoms with E-state index in [-0.39, 0.29) is 0 Å². The zero-order valence-corrected chi connectivity index (χ0v) is 14.0. The highest BCUT2D eigenvalue weighted by molar-refractivity contribution is 9.10. The van der Waals surface area contributed by atoms with Crippen molar-refractivity contribution in [2.75, 3.05) is 12.4 Å². The molecule has 0 amide bonds. The summed E-state index contributed by atoms with van der Waals surface area (Å²) in [7, 11) is 1.85. The van der Waals surface area contributed by atoms with Crippen LogP contribution in [0.3, 0.4) is 0 Å². The Morgan fingerprint density at radius 2 is 1.95 bits per heavy atom. The summed E-state index contributed by atoms with van der Waals surface area (Å²) in [4.78, 5) is 9.25. The molecule has 0 aliphatic heterocycles. The predicted octanol–water partition coefficient (Wildman–Crippen LogP) is 5.06. The van der Waals surface area contributed by atoms with Gasteiger partial charge in [0.1, 0.15) is 5.82 Å². The Hall–Kier alpha value is -1.65. The molecule has 0 bridgehead atoms. The molecule has 0 saturated carbocycles. The minimum atomic E-state index is 0.628. The largest absolute Gasteiger partial charge is 0.373 e. The predicted molar refractivity (Wildman–Crippen MR) is 92.0 cm³/mol. The Bertz CT molecular complexity index is 833. The molecule has 0 fully saturated rings. The van der Waals surface area contributed by atoms with E-state index in [0.29, 0.717) is 10.8 Å². The van der Waals surface area contributed by atoms with Crippen molar-refractivity contribution in [2.24, 2.45) is 0 Å². The topological polar surface area (TPSA) is 37.8 Å². The summed E-state index contributed by atoms with van der Waals surface area (Å²) >= 11 is 9.87. The van der Waals surface area contributed by atoms with Gasteiger partial charge in [-0.2, -0.15) is 0 Å². The number of benzene rings is 2. The summed E-state index contributed by atoms with van der Waals surface area (Å²) in [5, 5.41) is 4.79. The number of rotatable bonds is 2. The number of fused-ring (bicyclic) bond motifs is 1. The fourth-order valence-electron chi connectivity index (χ4n) is 2.23. The van der Waals surface area contributed by atoms with Gasteiger partial charge in [-0.25, -0.2) is 9.97 Å². The van der Waals surface area contributed by atoms with Crippen molar-refractivity contribution < 1.29 is 0 Å². The molecular weight excluding hydrogens is 350 g/mol. The number of nitrogens with zero attached hydrogens (tertiary/aromatic N) is 2. The van der Waals surface area contributed by atoms with Crippen LogP contribution in [0.2, 0.25) is 5.02 Å². The van der Waals surface area contributed by atoms with E-state index in [1.807, 2.05) is 50.4 Å². The summed E-state index contributed by atoms with van der Waals surface area (Å²) < 4.78 is 0.997. The second-order valence-electron chi connectivity index (χ2n) is 4.74. The summed E-state index contributed by atoms with van der Waals surface area (Å²) in [6.45, 7) is 1.98. The average molecular weight is 363 g/mol. The number of anilines is 1. The quantitative estimate of drug-likeness (QED) is 0.692. The smallest absolute Gasteiger partial charge is 0.163 e. The second-order valence-corrected chi connectivity index (χ2v) is 6.04. The van der Waals surface area contributed by atoms with Gasteiger partial charge >= 0.3 is 0 Å². The highest BCUT2D eigenvalue weighted by Gasteiger charge is 2.12. The number of nitrogens with one attached hydrogen (secondary N) is 1. The summed E-state index contributed by atoms with van der Waals surface area (Å²) in [5.74, 6) is 1.41. The van der Waals surface area contributed by atoms with E-state index in [2.05, 4.69) is 31.2 Å². The third-order valence-electron chi connectivity index (χ3n) is 3.33. The molecule has 0 saturated heterocycles. The van der Waals surface area contributed by atoms with Crippen molar-refractivity contribution in [1.82, 2.24) is 9.97 Å². The van der Waals surface area contributed by atoms with Gasteiger partial charge in [0.25, 0.3) is 0 Å². The lowest BCUT2D eigenvalue weighted by atomic mass is 10.1. The summed E-state index contributed by atoms with van der Waals surface area (Å²) in [5.41, 5.74) is 2.74. The molecule has 3 rings (SSSR count). The maximum Gasteiger partial charge on any atom is 0.163 e. The summed E-state index contributed by atoms with van der Waals surface area (Å²) in [6.07, 6.45) is 0. The van der Waals surface area contributed by atoms with Crippen molar-refractivity contribution in [1.29, 1.82) is 0 Å². The fraction of sp³-hybridized carbons (Fsp3) is 0.125. The highest BCUT2D eigenvalue weighted by Crippen LogP contribution is 2.31. The van der Waals surface area contributed by atoms with Crippen LogP contribution in [-0.4, -0.2) is 17.0 Å². The average Bonchev–Trinajstić information content (AvgIpc) is 2.49. The van der Waals surface area contributed by atoms with Crippen molar-refractivity contribution in [3.05, 3.63) is 51.5 Å². The molecule has 21 heavy (non-hydrogen) atoms. The van der Waals surface area contributed by atoms with E-state index < -0.39 is 0 Å². The molecule has 2 aromatic carbocycles. The van der Waals surface area contributed by atoms with Crippen LogP contribution in [0.25, 0.3) is 22.3 Å². The summed E-state index contributed by atoms with van der Waals surface area (Å²) in [6, 6.07) is 11.8. The third kappa shape index (κ3) is 2.61. The first-order valence-electron chi connectivity index (χ1n) is 6.50. The van der Waals surface area contributed by atoms with Gasteiger partial charge in [0.2, 0.25) is 0 Å². The van der Waals surface area contributed by atoms with Gasteiger partial charge in [0, 0.05) is 22.5 Å². The van der Waals surface area contributed by atoms with Crippen molar-refractivity contribution in [3.8, 4) is 11.4 Å². The molecule has 1 heterocycles. The normalized spacial score (nSPS) is 10.9. The van der Waals surface area contributed by atoms with Crippen LogP contribution in [-0.2, 0) is 0 Å². The van der Waals surface area contributed by atoms with E-state index in [1.165, 1.54) is 0 Å². The first kappa shape index (κ1) is 14.3. The van der Waals surface area contributed by atoms with Gasteiger partial charge in [0.05, 0.1) is 10.5 Å². The van der Waals surface area contributed by atoms with Gasteiger partial charge in [-0.05, 0) is 36.8 Å². The Labute approximate surface area is 136 Å². The Balaban J connectivity index is 2.29. The molecule has 1 aromatic heterocycles. The van der Waals surface area contributed by atoms with E-state index in [0.717, 1.165) is 32.3 Å². The zero-order chi connectivity index (χ0) is 15.0. The molecule has 0 aliphatic carbocycles. The lowest BCUT2D eigenvalue weighted by molar-refractivity contribution is 1.21. The fourth-order valence-corrected chi connectivity index (χ4v) is 2.80. The number of aryl methyl sites for hydroxylation is 1. The van der Waals surface area contributed by atoms with E-state index >= 15 is 0 Å². The Morgan fingerprint density at radius 3 is 2.71 bits per heavy atom. The van der Waals surface area contributed by atoms with Crippen LogP contribution in [0.1, 0.15) is 5.56 Å². The van der Waals surface area contributed by atoms with Gasteiger partial charge in [-0.1, -0.05) is 39.7 Å². The van der Waals surface area contributed by atoms with Crippen LogP contribution in [0, 0.1) is 6.92 Å². The standard InChI is InChI=1S/C16H13BrClN3/c1-9-4-3-5-11(14(9)18)16-20-13-7-6-10(17)8-12(13)15(19-2)21-16/h3-8H,1-2H3,(H,19,20,21). The second kappa shape index (κ2) is 5.62. The number of aromatic nitrogens is 2. The highest BCUT2D eigenvalue weighted by atomic mass is 79.9. The van der Waals surface area contributed by atoms with Crippen LogP contribution in [0.5, 0.6) is 0 Å². The first-order chi connectivity index (χ1) is 10.1. The number of hydrogen-bond donors (Lipinski definition) is 1. The molecular formula is C16H13BrClN3. The molecule has 0 aliphatic rings. The SMILES string of the molecule is CNc1nc(-c2cccc(C)c2Cl)nc2ccc(Br)cc12. The number of halogens is 2. The molecule has 0 radical (unpaired) electrons. The monoisotopic (exact) mass is 361 g/mol. The van der Waals surface area contributed by atoms with Gasteiger partial charge in [-0.15, -0.1) is 0 Å². The minimum absolute atomic E-state index is 0.628. The van der Waals surface area contributed by atoms with Crippen molar-refractivity contribution in [2.45, 2.75) is 6.92 Å². The van der Waals surface area contributed by atoms with E-state index in [9.17, 15) is 0 Å². The Kier molecular flexibility index (Phi) is 3.83. The molecule has 5 heteroatoms. The lowest BCUT2D eigenvalue weighted by Crippen LogP contribution is -1.99. The van der Waals surface area contributed by atoms with E-state index in [4.69, 9.17) is 11.6 Å². The first-order valence-corrected chi connectivity index (χ1v) is 7.68. The van der Waals surface area contributed by atoms with Crippen LogP contribution >= 0.6 is 27.5 Å². The Morgan fingerprint density at radius 1 is 1.14 bits per heavy atom. The van der Waals surface area contributed by atoms with Gasteiger partial charge in [-0.3, -0.25) is 0 Å². The third-order valence-corrected chi connectivity index (χ3v) is 4.32. The van der Waals surface area contributed by atoms with Crippen LogP contribution in [0.4, 0.5) is 5.82 Å². The number of hydrogen-bond acceptors (Lipinski definition) is 3. The zero-order valence-electron chi connectivity index (χ0n) is 11.6. The molecule has 1 N–H and O–H groups in total. The molecule has 3 aromatic rings. The molecule has 3 nitrogen and oxygen atoms in total. The van der Waals surface area contributed by atoms with Crippen LogP contribution < -0.4 is 5.32 Å². The maximum atomic E-state index is 6.39.